The van der Waals surface area contributed by atoms with Crippen LogP contribution in [0.3, 0.4) is 0 Å². The van der Waals surface area contributed by atoms with Crippen molar-refractivity contribution in [1.82, 2.24) is 10.2 Å². The van der Waals surface area contributed by atoms with Crippen LogP contribution in [-0.4, -0.2) is 50.5 Å². The maximum atomic E-state index is 13.8. The molecule has 0 heterocycles. The quantitative estimate of drug-likeness (QED) is 0.295. The molecule has 204 valence electrons. The summed E-state index contributed by atoms with van der Waals surface area (Å²) in [5.74, 6) is -0.873. The molecule has 1 N–H and O–H groups in total. The van der Waals surface area contributed by atoms with Crippen LogP contribution in [0.15, 0.2) is 30.3 Å². The molecule has 2 aromatic rings. The van der Waals surface area contributed by atoms with Crippen LogP contribution < -0.4 is 9.62 Å². The van der Waals surface area contributed by atoms with Crippen molar-refractivity contribution in [3.05, 3.63) is 61.0 Å². The van der Waals surface area contributed by atoms with Crippen molar-refractivity contribution < 1.29 is 18.0 Å². The third-order valence-electron chi connectivity index (χ3n) is 5.40. The number of anilines is 1. The fourth-order valence-corrected chi connectivity index (χ4v) is 5.56. The minimum absolute atomic E-state index is 0.0185. The Balaban J connectivity index is 2.55. The molecule has 37 heavy (non-hydrogen) atoms. The minimum Gasteiger partial charge on any atom is -0.354 e. The number of hydrogen-bond donors (Lipinski definition) is 1. The molecule has 2 amide bonds. The molecule has 0 aromatic heterocycles. The SMILES string of the molecule is CCC(C(=O)NCC(C)C)N(Cc1c(Cl)cccc1Cl)C(=O)CN(c1cc(Cl)c(Cl)cc1Cl)S(C)(=O)=O. The molecule has 0 aliphatic carbocycles. The topological polar surface area (TPSA) is 86.8 Å². The third kappa shape index (κ3) is 8.53. The molecule has 0 aliphatic rings. The Bertz CT molecular complexity index is 1240. The second-order valence-corrected chi connectivity index (χ2v) is 12.7. The molecule has 1 unspecified atom stereocenters. The molecule has 0 fully saturated rings. The first kappa shape index (κ1) is 31.8. The highest BCUT2D eigenvalue weighted by atomic mass is 35.5. The summed E-state index contributed by atoms with van der Waals surface area (Å²) >= 11 is 31.1. The van der Waals surface area contributed by atoms with Crippen LogP contribution in [0.2, 0.25) is 25.1 Å². The lowest BCUT2D eigenvalue weighted by Crippen LogP contribution is -2.52. The standard InChI is InChI=1S/C24H28Cl5N3O4S/c1-5-21(24(34)30-11-14(2)3)31(12-15-16(25)7-6-8-17(15)26)23(33)13-32(37(4,35)36)22-10-19(28)18(27)9-20(22)29/h6-10,14,21H,5,11-13H2,1-4H3,(H,30,34). The summed E-state index contributed by atoms with van der Waals surface area (Å²) in [6.07, 6.45) is 1.19. The number of rotatable bonds is 11. The van der Waals surface area contributed by atoms with Gasteiger partial charge in [-0.15, -0.1) is 0 Å². The Hall–Kier alpha value is -1.42. The summed E-state index contributed by atoms with van der Waals surface area (Å²) in [5.41, 5.74) is 0.396. The zero-order valence-electron chi connectivity index (χ0n) is 20.7. The summed E-state index contributed by atoms with van der Waals surface area (Å²) in [5, 5.41) is 3.60. The van der Waals surface area contributed by atoms with Crippen molar-refractivity contribution >= 4 is 85.5 Å². The molecule has 2 rings (SSSR count). The van der Waals surface area contributed by atoms with Crippen LogP contribution >= 0.6 is 58.0 Å². The largest absolute Gasteiger partial charge is 0.354 e. The summed E-state index contributed by atoms with van der Waals surface area (Å²) in [7, 11) is -4.01. The zero-order valence-corrected chi connectivity index (χ0v) is 25.3. The van der Waals surface area contributed by atoms with Gasteiger partial charge in [0.1, 0.15) is 12.6 Å². The Labute approximate surface area is 243 Å². The predicted octanol–water partition coefficient (Wildman–Crippen LogP) is 6.30. The van der Waals surface area contributed by atoms with E-state index in [2.05, 4.69) is 5.32 Å². The van der Waals surface area contributed by atoms with Crippen molar-refractivity contribution in [2.45, 2.75) is 39.8 Å². The summed E-state index contributed by atoms with van der Waals surface area (Å²) in [6, 6.07) is 6.52. The molecular formula is C24H28Cl5N3O4S. The summed E-state index contributed by atoms with van der Waals surface area (Å²) < 4.78 is 26.3. The van der Waals surface area contributed by atoms with Gasteiger partial charge in [-0.1, -0.05) is 84.8 Å². The summed E-state index contributed by atoms with van der Waals surface area (Å²) in [6.45, 7) is 5.25. The highest BCUT2D eigenvalue weighted by Gasteiger charge is 2.33. The molecule has 0 aliphatic heterocycles. The molecule has 0 saturated carbocycles. The van der Waals surface area contributed by atoms with Gasteiger partial charge in [-0.2, -0.15) is 0 Å². The van der Waals surface area contributed by atoms with Crippen LogP contribution in [0.25, 0.3) is 0 Å². The zero-order chi connectivity index (χ0) is 28.1. The number of halogens is 5. The lowest BCUT2D eigenvalue weighted by Gasteiger charge is -2.33. The van der Waals surface area contributed by atoms with Crippen LogP contribution in [-0.2, 0) is 26.2 Å². The lowest BCUT2D eigenvalue weighted by molar-refractivity contribution is -0.140. The van der Waals surface area contributed by atoms with Crippen LogP contribution in [0.1, 0.15) is 32.8 Å². The van der Waals surface area contributed by atoms with Gasteiger partial charge >= 0.3 is 0 Å². The average Bonchev–Trinajstić information content (AvgIpc) is 2.79. The monoisotopic (exact) mass is 629 g/mol. The van der Waals surface area contributed by atoms with Crippen LogP contribution in [0, 0.1) is 5.92 Å². The summed E-state index contributed by atoms with van der Waals surface area (Å²) in [4.78, 5) is 28.1. The van der Waals surface area contributed by atoms with E-state index in [1.165, 1.54) is 17.0 Å². The predicted molar refractivity (Wildman–Crippen MR) is 153 cm³/mol. The van der Waals surface area contributed by atoms with E-state index in [0.29, 0.717) is 22.2 Å². The van der Waals surface area contributed by atoms with E-state index in [0.717, 1.165) is 10.6 Å². The molecule has 1 atom stereocenters. The van der Waals surface area contributed by atoms with Gasteiger partial charge in [0.15, 0.2) is 0 Å². The number of carbonyl (C=O) groups excluding carboxylic acids is 2. The first-order valence-electron chi connectivity index (χ1n) is 11.3. The number of carbonyl (C=O) groups is 2. The number of sulfonamides is 1. The molecule has 0 bridgehead atoms. The number of nitrogens with zero attached hydrogens (tertiary/aromatic N) is 2. The van der Waals surface area contributed by atoms with Crippen molar-refractivity contribution in [2.75, 3.05) is 23.7 Å². The number of benzene rings is 2. The van der Waals surface area contributed by atoms with Gasteiger partial charge in [-0.3, -0.25) is 13.9 Å². The normalized spacial score (nSPS) is 12.4. The fourth-order valence-electron chi connectivity index (χ4n) is 3.49. The number of amides is 2. The molecule has 0 radical (unpaired) electrons. The molecule has 2 aromatic carbocycles. The van der Waals surface area contributed by atoms with E-state index in [4.69, 9.17) is 58.0 Å². The van der Waals surface area contributed by atoms with E-state index >= 15 is 0 Å². The van der Waals surface area contributed by atoms with E-state index in [-0.39, 0.29) is 45.5 Å². The van der Waals surface area contributed by atoms with E-state index in [1.807, 2.05) is 13.8 Å². The van der Waals surface area contributed by atoms with Gasteiger partial charge < -0.3 is 10.2 Å². The van der Waals surface area contributed by atoms with E-state index < -0.39 is 28.5 Å². The minimum atomic E-state index is -4.01. The maximum absolute atomic E-state index is 13.8. The Morgan fingerprint density at radius 3 is 2.03 bits per heavy atom. The van der Waals surface area contributed by atoms with Crippen LogP contribution in [0.4, 0.5) is 5.69 Å². The highest BCUT2D eigenvalue weighted by molar-refractivity contribution is 7.92. The van der Waals surface area contributed by atoms with Gasteiger partial charge in [-0.05, 0) is 36.6 Å². The Morgan fingerprint density at radius 2 is 1.51 bits per heavy atom. The molecule has 0 spiro atoms. The Kier molecular flexibility index (Phi) is 11.7. The van der Waals surface area contributed by atoms with Crippen molar-refractivity contribution in [1.29, 1.82) is 0 Å². The maximum Gasteiger partial charge on any atom is 0.244 e. The van der Waals surface area contributed by atoms with E-state index in [9.17, 15) is 18.0 Å². The van der Waals surface area contributed by atoms with Gasteiger partial charge in [-0.25, -0.2) is 8.42 Å². The number of hydrogen-bond acceptors (Lipinski definition) is 4. The second kappa shape index (κ2) is 13.6. The highest BCUT2D eigenvalue weighted by Crippen LogP contribution is 2.36. The van der Waals surface area contributed by atoms with Gasteiger partial charge in [0.25, 0.3) is 0 Å². The van der Waals surface area contributed by atoms with Gasteiger partial charge in [0, 0.05) is 28.7 Å². The Morgan fingerprint density at radius 1 is 0.946 bits per heavy atom. The number of nitrogens with one attached hydrogen (secondary N) is 1. The molecule has 13 heteroatoms. The molecule has 0 saturated heterocycles. The van der Waals surface area contributed by atoms with E-state index in [1.54, 1.807) is 25.1 Å². The average molecular weight is 632 g/mol. The van der Waals surface area contributed by atoms with Crippen molar-refractivity contribution in [3.63, 3.8) is 0 Å². The van der Waals surface area contributed by atoms with Crippen LogP contribution in [0.5, 0.6) is 0 Å². The fraction of sp³-hybridized carbons (Fsp3) is 0.417. The first-order chi connectivity index (χ1) is 17.2. The third-order valence-corrected chi connectivity index (χ3v) is 8.26. The van der Waals surface area contributed by atoms with Crippen molar-refractivity contribution in [2.24, 2.45) is 5.92 Å². The van der Waals surface area contributed by atoms with Gasteiger partial charge in [0.2, 0.25) is 21.8 Å². The van der Waals surface area contributed by atoms with Gasteiger partial charge in [0.05, 0.1) is 27.0 Å². The second-order valence-electron chi connectivity index (χ2n) is 8.77. The smallest absolute Gasteiger partial charge is 0.244 e. The van der Waals surface area contributed by atoms with Crippen molar-refractivity contribution in [3.8, 4) is 0 Å². The lowest BCUT2D eigenvalue weighted by atomic mass is 10.1. The first-order valence-corrected chi connectivity index (χ1v) is 15.0. The molecule has 7 nitrogen and oxygen atoms in total. The molecular weight excluding hydrogens is 604 g/mol.